The standard InChI is InChI=1S/C30H27N3O2/c1-34-26-10-7-23(8-11-26)27-12-14-29(32-31-27)33-19-17-30(18-20-33)16-15-25-21-24(9-13-28(25)35-30)22-5-3-2-4-6-22/h2-16,21H,17-20H2,1H3. The summed E-state index contributed by atoms with van der Waals surface area (Å²) < 4.78 is 11.8. The van der Waals surface area contributed by atoms with Gasteiger partial charge in [-0.3, -0.25) is 0 Å². The van der Waals surface area contributed by atoms with Crippen LogP contribution < -0.4 is 14.4 Å². The van der Waals surface area contributed by atoms with Crippen LogP contribution in [0.1, 0.15) is 18.4 Å². The smallest absolute Gasteiger partial charge is 0.151 e. The third-order valence-corrected chi connectivity index (χ3v) is 6.97. The Labute approximate surface area is 205 Å². The van der Waals surface area contributed by atoms with Gasteiger partial charge in [0.1, 0.15) is 17.1 Å². The van der Waals surface area contributed by atoms with E-state index in [2.05, 4.69) is 75.8 Å². The van der Waals surface area contributed by atoms with Gasteiger partial charge in [-0.1, -0.05) is 42.5 Å². The first-order valence-corrected chi connectivity index (χ1v) is 12.0. The lowest BCUT2D eigenvalue weighted by Gasteiger charge is -2.42. The highest BCUT2D eigenvalue weighted by Gasteiger charge is 2.37. The minimum absolute atomic E-state index is 0.256. The zero-order valence-electron chi connectivity index (χ0n) is 19.7. The van der Waals surface area contributed by atoms with Gasteiger partial charge in [0.25, 0.3) is 0 Å². The van der Waals surface area contributed by atoms with E-state index in [1.807, 2.05) is 36.4 Å². The molecule has 3 heterocycles. The van der Waals surface area contributed by atoms with Gasteiger partial charge in [-0.25, -0.2) is 0 Å². The number of fused-ring (bicyclic) bond motifs is 1. The second kappa shape index (κ2) is 8.91. The SMILES string of the molecule is COc1ccc(-c2ccc(N3CCC4(C=Cc5cc(-c6ccccc6)ccc5O4)CC3)nn2)cc1. The molecule has 3 aromatic carbocycles. The Bertz CT molecular complexity index is 1340. The van der Waals surface area contributed by atoms with Crippen LogP contribution in [0.5, 0.6) is 11.5 Å². The molecular formula is C30H27N3O2. The third kappa shape index (κ3) is 4.26. The lowest BCUT2D eigenvalue weighted by molar-refractivity contribution is 0.0891. The van der Waals surface area contributed by atoms with Gasteiger partial charge in [0.15, 0.2) is 5.82 Å². The van der Waals surface area contributed by atoms with Crippen molar-refractivity contribution >= 4 is 11.9 Å². The van der Waals surface area contributed by atoms with Crippen molar-refractivity contribution < 1.29 is 9.47 Å². The molecule has 0 atom stereocenters. The maximum absolute atomic E-state index is 6.57. The summed E-state index contributed by atoms with van der Waals surface area (Å²) in [4.78, 5) is 2.29. The van der Waals surface area contributed by atoms with Crippen molar-refractivity contribution in [2.75, 3.05) is 25.1 Å². The van der Waals surface area contributed by atoms with Crippen molar-refractivity contribution in [2.45, 2.75) is 18.4 Å². The molecule has 2 aliphatic rings. The van der Waals surface area contributed by atoms with Crippen molar-refractivity contribution in [2.24, 2.45) is 0 Å². The van der Waals surface area contributed by atoms with Crippen molar-refractivity contribution in [3.8, 4) is 33.9 Å². The van der Waals surface area contributed by atoms with Crippen molar-refractivity contribution in [1.82, 2.24) is 10.2 Å². The number of hydrogen-bond donors (Lipinski definition) is 0. The van der Waals surface area contributed by atoms with Gasteiger partial charge in [-0.2, -0.15) is 0 Å². The fourth-order valence-corrected chi connectivity index (χ4v) is 4.87. The fraction of sp³-hybridized carbons (Fsp3) is 0.200. The molecule has 0 bridgehead atoms. The van der Waals surface area contributed by atoms with E-state index in [1.54, 1.807) is 7.11 Å². The number of hydrogen-bond acceptors (Lipinski definition) is 5. The largest absolute Gasteiger partial charge is 0.497 e. The zero-order chi connectivity index (χ0) is 23.7. The van der Waals surface area contributed by atoms with Crippen LogP contribution in [0.25, 0.3) is 28.5 Å². The van der Waals surface area contributed by atoms with Gasteiger partial charge in [0.2, 0.25) is 0 Å². The summed E-state index contributed by atoms with van der Waals surface area (Å²) in [6.07, 6.45) is 6.29. The molecule has 1 aromatic heterocycles. The van der Waals surface area contributed by atoms with E-state index in [9.17, 15) is 0 Å². The number of nitrogens with zero attached hydrogens (tertiary/aromatic N) is 3. The molecule has 1 spiro atoms. The van der Waals surface area contributed by atoms with E-state index in [0.29, 0.717) is 0 Å². The third-order valence-electron chi connectivity index (χ3n) is 6.97. The first-order chi connectivity index (χ1) is 17.2. The molecule has 174 valence electrons. The van der Waals surface area contributed by atoms with Crippen LogP contribution in [0.15, 0.2) is 91.0 Å². The second-order valence-electron chi connectivity index (χ2n) is 9.11. The van der Waals surface area contributed by atoms with Gasteiger partial charge >= 0.3 is 0 Å². The lowest BCUT2D eigenvalue weighted by Crippen LogP contribution is -2.48. The first-order valence-electron chi connectivity index (χ1n) is 12.0. The average molecular weight is 462 g/mol. The van der Waals surface area contributed by atoms with E-state index < -0.39 is 0 Å². The molecule has 35 heavy (non-hydrogen) atoms. The molecule has 5 heteroatoms. The zero-order valence-corrected chi connectivity index (χ0v) is 19.7. The maximum atomic E-state index is 6.57. The second-order valence-corrected chi connectivity index (χ2v) is 9.11. The van der Waals surface area contributed by atoms with Gasteiger partial charge in [-0.15, -0.1) is 10.2 Å². The van der Waals surface area contributed by atoms with E-state index >= 15 is 0 Å². The predicted octanol–water partition coefficient (Wildman–Crippen LogP) is 6.26. The quantitative estimate of drug-likeness (QED) is 0.359. The summed E-state index contributed by atoms with van der Waals surface area (Å²) in [5.74, 6) is 2.70. The Morgan fingerprint density at radius 1 is 0.800 bits per heavy atom. The average Bonchev–Trinajstić information content (AvgIpc) is 2.94. The topological polar surface area (TPSA) is 47.5 Å². The Balaban J connectivity index is 1.13. The number of ether oxygens (including phenoxy) is 2. The number of piperidine rings is 1. The highest BCUT2D eigenvalue weighted by molar-refractivity contribution is 5.72. The molecule has 0 saturated carbocycles. The molecule has 0 unspecified atom stereocenters. The summed E-state index contributed by atoms with van der Waals surface area (Å²) >= 11 is 0. The Hall–Kier alpha value is -4.12. The van der Waals surface area contributed by atoms with Crippen LogP contribution in [0.4, 0.5) is 5.82 Å². The molecule has 5 nitrogen and oxygen atoms in total. The molecule has 0 aliphatic carbocycles. The van der Waals surface area contributed by atoms with Gasteiger partial charge in [0.05, 0.1) is 12.8 Å². The number of benzene rings is 3. The van der Waals surface area contributed by atoms with Crippen LogP contribution in [0.2, 0.25) is 0 Å². The number of methoxy groups -OCH3 is 1. The molecule has 0 amide bonds. The van der Waals surface area contributed by atoms with Crippen molar-refractivity contribution in [3.05, 3.63) is 96.6 Å². The van der Waals surface area contributed by atoms with Crippen LogP contribution in [-0.4, -0.2) is 36.0 Å². The van der Waals surface area contributed by atoms with Crippen molar-refractivity contribution in [3.63, 3.8) is 0 Å². The number of aromatic nitrogens is 2. The van der Waals surface area contributed by atoms with E-state index in [4.69, 9.17) is 9.47 Å². The summed E-state index contributed by atoms with van der Waals surface area (Å²) in [5, 5.41) is 8.98. The normalized spacial score (nSPS) is 16.0. The Kier molecular flexibility index (Phi) is 5.45. The van der Waals surface area contributed by atoms with Crippen molar-refractivity contribution in [1.29, 1.82) is 0 Å². The van der Waals surface area contributed by atoms with E-state index in [0.717, 1.165) is 60.1 Å². The number of anilines is 1. The van der Waals surface area contributed by atoms with E-state index in [1.165, 1.54) is 11.1 Å². The Morgan fingerprint density at radius 2 is 1.57 bits per heavy atom. The highest BCUT2D eigenvalue weighted by Crippen LogP contribution is 2.39. The summed E-state index contributed by atoms with van der Waals surface area (Å²) in [5.41, 5.74) is 5.19. The van der Waals surface area contributed by atoms with E-state index in [-0.39, 0.29) is 5.60 Å². The highest BCUT2D eigenvalue weighted by atomic mass is 16.5. The van der Waals surface area contributed by atoms with Crippen LogP contribution >= 0.6 is 0 Å². The summed E-state index contributed by atoms with van der Waals surface area (Å²) in [6, 6.07) is 28.9. The fourth-order valence-electron chi connectivity index (χ4n) is 4.87. The minimum atomic E-state index is -0.256. The molecule has 0 radical (unpaired) electrons. The van der Waals surface area contributed by atoms with Crippen LogP contribution in [0, 0.1) is 0 Å². The van der Waals surface area contributed by atoms with Gasteiger partial charge < -0.3 is 14.4 Å². The monoisotopic (exact) mass is 461 g/mol. The number of rotatable bonds is 4. The van der Waals surface area contributed by atoms with Gasteiger partial charge in [0, 0.05) is 37.1 Å². The lowest BCUT2D eigenvalue weighted by atomic mass is 9.87. The molecular weight excluding hydrogens is 434 g/mol. The first kappa shape index (κ1) is 21.4. The predicted molar refractivity (Wildman–Crippen MR) is 140 cm³/mol. The molecule has 2 aliphatic heterocycles. The maximum Gasteiger partial charge on any atom is 0.151 e. The summed E-state index contributed by atoms with van der Waals surface area (Å²) in [6.45, 7) is 1.75. The molecule has 1 fully saturated rings. The molecule has 1 saturated heterocycles. The van der Waals surface area contributed by atoms with Crippen LogP contribution in [0.3, 0.4) is 0 Å². The molecule has 4 aromatic rings. The van der Waals surface area contributed by atoms with Gasteiger partial charge in [-0.05, 0) is 65.7 Å². The molecule has 0 N–H and O–H groups in total. The molecule has 6 rings (SSSR count). The minimum Gasteiger partial charge on any atom is -0.497 e. The van der Waals surface area contributed by atoms with Crippen LogP contribution in [-0.2, 0) is 0 Å². The summed E-state index contributed by atoms with van der Waals surface area (Å²) in [7, 11) is 1.67. The Morgan fingerprint density at radius 3 is 2.29 bits per heavy atom.